The van der Waals surface area contributed by atoms with Gasteiger partial charge < -0.3 is 0 Å². The molecule has 0 N–H and O–H groups in total. The van der Waals surface area contributed by atoms with E-state index < -0.39 is 0 Å². The van der Waals surface area contributed by atoms with Crippen molar-refractivity contribution in [3.63, 3.8) is 0 Å². The lowest BCUT2D eigenvalue weighted by molar-refractivity contribution is 1.23. The van der Waals surface area contributed by atoms with Crippen molar-refractivity contribution < 1.29 is 0 Å². The van der Waals surface area contributed by atoms with Crippen LogP contribution in [0.5, 0.6) is 0 Å². The number of allylic oxidation sites excluding steroid dienone is 1. The van der Waals surface area contributed by atoms with E-state index in [1.807, 2.05) is 0 Å². The van der Waals surface area contributed by atoms with E-state index in [1.165, 1.54) is 11.1 Å². The number of benzene rings is 1. The molecule has 0 spiro atoms. The van der Waals surface area contributed by atoms with Gasteiger partial charge in [-0.2, -0.15) is 0 Å². The van der Waals surface area contributed by atoms with E-state index in [1.54, 1.807) is 0 Å². The summed E-state index contributed by atoms with van der Waals surface area (Å²) in [5, 5.41) is 0. The van der Waals surface area contributed by atoms with Crippen LogP contribution in [0.3, 0.4) is 0 Å². The third-order valence-electron chi connectivity index (χ3n) is 1.62. The van der Waals surface area contributed by atoms with Gasteiger partial charge in [-0.25, -0.2) is 0 Å². The summed E-state index contributed by atoms with van der Waals surface area (Å²) in [6, 6.07) is 6.33. The van der Waals surface area contributed by atoms with Crippen LogP contribution in [0.4, 0.5) is 0 Å². The van der Waals surface area contributed by atoms with E-state index in [0.717, 1.165) is 15.4 Å². The van der Waals surface area contributed by atoms with Crippen molar-refractivity contribution >= 4 is 31.9 Å². The normalized spacial score (nSPS) is 9.92. The molecule has 0 nitrogen and oxygen atoms in total. The van der Waals surface area contributed by atoms with E-state index >= 15 is 0 Å². The van der Waals surface area contributed by atoms with Crippen LogP contribution >= 0.6 is 31.9 Å². The average Bonchev–Trinajstić information content (AvgIpc) is 1.96. The largest absolute Gasteiger partial charge is 0.0885 e. The Kier molecular flexibility index (Phi) is 3.53. The second-order valence-corrected chi connectivity index (χ2v) is 4.75. The predicted octanol–water partition coefficient (Wildman–Crippen LogP) is 4.21. The molecule has 0 aliphatic rings. The Morgan fingerprint density at radius 2 is 2.17 bits per heavy atom. The second-order valence-electron chi connectivity index (χ2n) is 2.78. The van der Waals surface area contributed by atoms with Gasteiger partial charge in [0.1, 0.15) is 0 Å². The second kappa shape index (κ2) is 4.24. The molecule has 1 aromatic carbocycles. The van der Waals surface area contributed by atoms with Gasteiger partial charge >= 0.3 is 0 Å². The first-order valence-electron chi connectivity index (χ1n) is 3.68. The molecule has 1 rings (SSSR count). The van der Waals surface area contributed by atoms with Gasteiger partial charge in [0.2, 0.25) is 0 Å². The number of rotatable bonds is 2. The smallest absolute Gasteiger partial charge is 0.0204 e. The zero-order valence-electron chi connectivity index (χ0n) is 6.90. The molecule has 0 fully saturated rings. The molecule has 0 radical (unpaired) electrons. The molecule has 64 valence electrons. The van der Waals surface area contributed by atoms with Crippen molar-refractivity contribution in [2.45, 2.75) is 13.3 Å². The fourth-order valence-electron chi connectivity index (χ4n) is 1.04. The summed E-state index contributed by atoms with van der Waals surface area (Å²) in [7, 11) is 0. The lowest BCUT2D eigenvalue weighted by Crippen LogP contribution is -1.85. The zero-order valence-corrected chi connectivity index (χ0v) is 10.1. The molecular weight excluding hydrogens is 280 g/mol. The highest BCUT2D eigenvalue weighted by molar-refractivity contribution is 9.11. The van der Waals surface area contributed by atoms with Gasteiger partial charge in [0.15, 0.2) is 0 Å². The Labute approximate surface area is 89.9 Å². The van der Waals surface area contributed by atoms with Crippen LogP contribution in [0.25, 0.3) is 0 Å². The highest BCUT2D eigenvalue weighted by atomic mass is 79.9. The maximum absolute atomic E-state index is 3.81. The molecule has 0 bridgehead atoms. The quantitative estimate of drug-likeness (QED) is 0.765. The first-order chi connectivity index (χ1) is 5.59. The molecule has 0 saturated carbocycles. The van der Waals surface area contributed by atoms with E-state index in [4.69, 9.17) is 0 Å². The van der Waals surface area contributed by atoms with Gasteiger partial charge in [-0.05, 0) is 28.6 Å². The number of hydrogen-bond donors (Lipinski definition) is 0. The summed E-state index contributed by atoms with van der Waals surface area (Å²) in [5.41, 5.74) is 2.55. The molecule has 0 atom stereocenters. The summed E-state index contributed by atoms with van der Waals surface area (Å²) in [5.74, 6) is 0. The molecular formula is C10H10Br2. The van der Waals surface area contributed by atoms with Crippen LogP contribution in [-0.4, -0.2) is 0 Å². The molecule has 1 aromatic rings. The van der Waals surface area contributed by atoms with Crippen LogP contribution in [-0.2, 0) is 6.42 Å². The Bertz CT molecular complexity index is 303. The third-order valence-corrected chi connectivity index (χ3v) is 2.79. The highest BCUT2D eigenvalue weighted by Gasteiger charge is 1.97. The van der Waals surface area contributed by atoms with Crippen molar-refractivity contribution in [3.8, 4) is 0 Å². The maximum Gasteiger partial charge on any atom is 0.0204 e. The topological polar surface area (TPSA) is 0 Å². The van der Waals surface area contributed by atoms with Crippen molar-refractivity contribution in [2.24, 2.45) is 0 Å². The molecule has 0 saturated heterocycles. The Hall–Kier alpha value is -0.0800. The molecule has 0 heterocycles. The minimum absolute atomic E-state index is 0.897. The van der Waals surface area contributed by atoms with Crippen LogP contribution in [0.15, 0.2) is 33.7 Å². The molecule has 0 aliphatic heterocycles. The van der Waals surface area contributed by atoms with Crippen LogP contribution in [0, 0.1) is 6.92 Å². The summed E-state index contributed by atoms with van der Waals surface area (Å²) >= 11 is 6.81. The maximum atomic E-state index is 3.81. The van der Waals surface area contributed by atoms with Gasteiger partial charge in [-0.1, -0.05) is 50.6 Å². The van der Waals surface area contributed by atoms with Crippen molar-refractivity contribution in [1.29, 1.82) is 0 Å². The molecule has 0 aliphatic carbocycles. The zero-order chi connectivity index (χ0) is 9.14. The summed E-state index contributed by atoms with van der Waals surface area (Å²) in [4.78, 5) is 0. The monoisotopic (exact) mass is 288 g/mol. The van der Waals surface area contributed by atoms with Gasteiger partial charge in [-0.15, -0.1) is 0 Å². The number of aryl methyl sites for hydroxylation is 1. The van der Waals surface area contributed by atoms with Crippen LogP contribution in [0.1, 0.15) is 11.1 Å². The fraction of sp³-hybridized carbons (Fsp3) is 0.200. The average molecular weight is 290 g/mol. The fourth-order valence-corrected chi connectivity index (χ4v) is 1.61. The summed E-state index contributed by atoms with van der Waals surface area (Å²) in [6.07, 6.45) is 0.897. The third kappa shape index (κ3) is 2.76. The van der Waals surface area contributed by atoms with E-state index in [0.29, 0.717) is 0 Å². The standard InChI is InChI=1S/C10H10Br2/c1-7-5-9(6-8(2)11)3-4-10(7)12/h3-5H,2,6H2,1H3. The van der Waals surface area contributed by atoms with E-state index in [-0.39, 0.29) is 0 Å². The van der Waals surface area contributed by atoms with E-state index in [9.17, 15) is 0 Å². The minimum Gasteiger partial charge on any atom is -0.0885 e. The van der Waals surface area contributed by atoms with Gasteiger partial charge in [-0.3, -0.25) is 0 Å². The lowest BCUT2D eigenvalue weighted by Gasteiger charge is -2.02. The molecule has 0 aromatic heterocycles. The van der Waals surface area contributed by atoms with Gasteiger partial charge in [0.05, 0.1) is 0 Å². The summed E-state index contributed by atoms with van der Waals surface area (Å²) < 4.78 is 2.18. The molecule has 0 amide bonds. The SMILES string of the molecule is C=C(Br)Cc1ccc(Br)c(C)c1. The van der Waals surface area contributed by atoms with Crippen LogP contribution in [0.2, 0.25) is 0 Å². The molecule has 2 heteroatoms. The number of hydrogen-bond acceptors (Lipinski definition) is 0. The first-order valence-corrected chi connectivity index (χ1v) is 5.26. The first kappa shape index (κ1) is 10.0. The van der Waals surface area contributed by atoms with Gasteiger partial charge in [0, 0.05) is 10.9 Å². The van der Waals surface area contributed by atoms with Gasteiger partial charge in [0.25, 0.3) is 0 Å². The minimum atomic E-state index is 0.897. The Balaban J connectivity index is 2.89. The molecule has 12 heavy (non-hydrogen) atoms. The van der Waals surface area contributed by atoms with Crippen LogP contribution < -0.4 is 0 Å². The van der Waals surface area contributed by atoms with E-state index in [2.05, 4.69) is 63.6 Å². The van der Waals surface area contributed by atoms with Crippen molar-refractivity contribution in [3.05, 3.63) is 44.9 Å². The molecule has 0 unspecified atom stereocenters. The number of halogens is 2. The Morgan fingerprint density at radius 1 is 1.50 bits per heavy atom. The highest BCUT2D eigenvalue weighted by Crippen LogP contribution is 2.19. The summed E-state index contributed by atoms with van der Waals surface area (Å²) in [6.45, 7) is 5.90. The van der Waals surface area contributed by atoms with Crippen molar-refractivity contribution in [2.75, 3.05) is 0 Å². The van der Waals surface area contributed by atoms with Crippen molar-refractivity contribution in [1.82, 2.24) is 0 Å². The lowest BCUT2D eigenvalue weighted by atomic mass is 10.1. The Morgan fingerprint density at radius 3 is 2.67 bits per heavy atom. The predicted molar refractivity (Wildman–Crippen MR) is 60.7 cm³/mol.